The van der Waals surface area contributed by atoms with Gasteiger partial charge in [-0.2, -0.15) is 0 Å². The Balaban J connectivity index is 2.04. The Morgan fingerprint density at radius 2 is 1.80 bits per heavy atom. The second-order valence-electron chi connectivity index (χ2n) is 4.94. The van der Waals surface area contributed by atoms with Crippen molar-refractivity contribution in [2.24, 2.45) is 5.73 Å². The van der Waals surface area contributed by atoms with Gasteiger partial charge in [0.15, 0.2) is 0 Å². The SMILES string of the molecule is COOP(=O)(OC(=O)[C@@H](N)Cc1ccccc1)Oc1ccc(F)cc1. The summed E-state index contributed by atoms with van der Waals surface area (Å²) in [5.74, 6) is -1.55. The Kier molecular flexibility index (Phi) is 6.66. The molecule has 0 amide bonds. The molecule has 2 atom stereocenters. The number of rotatable bonds is 8. The monoisotopic (exact) mass is 369 g/mol. The van der Waals surface area contributed by atoms with Crippen LogP contribution < -0.4 is 10.3 Å². The van der Waals surface area contributed by atoms with Crippen LogP contribution in [0.2, 0.25) is 0 Å². The van der Waals surface area contributed by atoms with Gasteiger partial charge in [-0.05, 0) is 36.2 Å². The zero-order valence-corrected chi connectivity index (χ0v) is 14.2. The number of hydrogen-bond acceptors (Lipinski definition) is 7. The maximum absolute atomic E-state index is 12.9. The van der Waals surface area contributed by atoms with E-state index in [0.717, 1.165) is 24.8 Å². The molecule has 0 saturated carbocycles. The number of hydrogen-bond donors (Lipinski definition) is 1. The lowest BCUT2D eigenvalue weighted by Crippen LogP contribution is -2.34. The van der Waals surface area contributed by atoms with Gasteiger partial charge < -0.3 is 14.8 Å². The van der Waals surface area contributed by atoms with Crippen molar-refractivity contribution in [2.45, 2.75) is 12.5 Å². The average Bonchev–Trinajstić information content (AvgIpc) is 2.58. The van der Waals surface area contributed by atoms with Crippen LogP contribution in [-0.4, -0.2) is 19.1 Å². The Labute approximate surface area is 144 Å². The fourth-order valence-corrected chi connectivity index (χ4v) is 2.91. The van der Waals surface area contributed by atoms with E-state index in [0.29, 0.717) is 0 Å². The summed E-state index contributed by atoms with van der Waals surface area (Å²) in [5, 5.41) is 0. The first-order chi connectivity index (χ1) is 11.9. The van der Waals surface area contributed by atoms with Gasteiger partial charge in [-0.25, -0.2) is 18.6 Å². The number of carbonyl (C=O) groups is 1. The van der Waals surface area contributed by atoms with Gasteiger partial charge in [0.05, 0.1) is 7.11 Å². The summed E-state index contributed by atoms with van der Waals surface area (Å²) in [4.78, 5) is 16.4. The summed E-state index contributed by atoms with van der Waals surface area (Å²) >= 11 is 0. The minimum Gasteiger partial charge on any atom is -0.394 e. The zero-order chi connectivity index (χ0) is 18.3. The molecule has 0 aliphatic rings. The fraction of sp³-hybridized carbons (Fsp3) is 0.188. The smallest absolute Gasteiger partial charge is 0.394 e. The molecule has 0 saturated heterocycles. The minimum absolute atomic E-state index is 0.0359. The van der Waals surface area contributed by atoms with Crippen LogP contribution in [0.5, 0.6) is 5.75 Å². The first-order valence-electron chi connectivity index (χ1n) is 7.22. The average molecular weight is 369 g/mol. The Morgan fingerprint density at radius 1 is 1.16 bits per heavy atom. The lowest BCUT2D eigenvalue weighted by Gasteiger charge is -2.18. The van der Waals surface area contributed by atoms with Crippen LogP contribution in [0.15, 0.2) is 54.6 Å². The molecule has 0 bridgehead atoms. The molecule has 0 heterocycles. The molecule has 0 radical (unpaired) electrons. The normalized spacial score (nSPS) is 14.4. The molecule has 0 aliphatic carbocycles. The first kappa shape index (κ1) is 19.1. The molecule has 2 aromatic carbocycles. The van der Waals surface area contributed by atoms with Gasteiger partial charge in [0.2, 0.25) is 0 Å². The number of phosphoric acid groups is 1. The van der Waals surface area contributed by atoms with Crippen LogP contribution in [0.25, 0.3) is 0 Å². The molecular formula is C16H17FNO6P. The number of halogens is 1. The molecule has 7 nitrogen and oxygen atoms in total. The summed E-state index contributed by atoms with van der Waals surface area (Å²) in [6.07, 6.45) is 0.170. The second-order valence-corrected chi connectivity index (χ2v) is 6.35. The summed E-state index contributed by atoms with van der Waals surface area (Å²) in [6.45, 7) is 0. The van der Waals surface area contributed by atoms with Crippen molar-refractivity contribution in [3.63, 3.8) is 0 Å². The van der Waals surface area contributed by atoms with E-state index in [9.17, 15) is 13.8 Å². The summed E-state index contributed by atoms with van der Waals surface area (Å²) < 4.78 is 39.6. The second kappa shape index (κ2) is 8.73. The van der Waals surface area contributed by atoms with Gasteiger partial charge >= 0.3 is 13.8 Å². The molecular weight excluding hydrogens is 352 g/mol. The van der Waals surface area contributed by atoms with Crippen molar-refractivity contribution in [2.75, 3.05) is 7.11 Å². The summed E-state index contributed by atoms with van der Waals surface area (Å²) in [6, 6.07) is 12.4. The van der Waals surface area contributed by atoms with Gasteiger partial charge in [0, 0.05) is 0 Å². The third kappa shape index (κ3) is 5.95. The van der Waals surface area contributed by atoms with Crippen molar-refractivity contribution in [1.29, 1.82) is 0 Å². The predicted octanol–water partition coefficient (Wildman–Crippen LogP) is 3.00. The van der Waals surface area contributed by atoms with Crippen molar-refractivity contribution < 1.29 is 32.4 Å². The maximum atomic E-state index is 12.9. The topological polar surface area (TPSA) is 97.1 Å². The lowest BCUT2D eigenvalue weighted by atomic mass is 10.1. The molecule has 9 heteroatoms. The van der Waals surface area contributed by atoms with Crippen LogP contribution in [-0.2, 0) is 29.9 Å². The Bertz CT molecular complexity index is 740. The Hall–Kier alpha value is -2.25. The molecule has 0 fully saturated rings. The fourth-order valence-electron chi connectivity index (χ4n) is 1.89. The molecule has 2 N–H and O–H groups in total. The molecule has 25 heavy (non-hydrogen) atoms. The van der Waals surface area contributed by atoms with Crippen LogP contribution in [0.1, 0.15) is 5.56 Å². The molecule has 0 aliphatic heterocycles. The van der Waals surface area contributed by atoms with E-state index in [-0.39, 0.29) is 12.2 Å². The third-order valence-electron chi connectivity index (χ3n) is 3.00. The summed E-state index contributed by atoms with van der Waals surface area (Å²) in [5.41, 5.74) is 6.57. The highest BCUT2D eigenvalue weighted by Gasteiger charge is 2.36. The van der Waals surface area contributed by atoms with Crippen LogP contribution in [0.4, 0.5) is 4.39 Å². The number of benzene rings is 2. The standard InChI is InChI=1S/C16H17FNO6P/c1-21-24-25(20,22-14-9-7-13(17)8-10-14)23-16(19)15(18)11-12-5-3-2-4-6-12/h2-10,15H,11,18H2,1H3/t15-,25?/m0/s1. The van der Waals surface area contributed by atoms with Gasteiger partial charge in [-0.15, -0.1) is 4.67 Å². The highest BCUT2D eigenvalue weighted by Crippen LogP contribution is 2.49. The van der Waals surface area contributed by atoms with Crippen molar-refractivity contribution >= 4 is 13.8 Å². The van der Waals surface area contributed by atoms with Crippen molar-refractivity contribution in [3.8, 4) is 5.75 Å². The molecule has 0 spiro atoms. The van der Waals surface area contributed by atoms with Crippen LogP contribution >= 0.6 is 7.82 Å². The first-order valence-corrected chi connectivity index (χ1v) is 8.68. The van der Waals surface area contributed by atoms with Crippen LogP contribution in [0.3, 0.4) is 0 Å². The zero-order valence-electron chi connectivity index (χ0n) is 13.3. The van der Waals surface area contributed by atoms with Gasteiger partial charge in [-0.3, -0.25) is 0 Å². The van der Waals surface area contributed by atoms with Crippen molar-refractivity contribution in [3.05, 3.63) is 66.0 Å². The van der Waals surface area contributed by atoms with E-state index in [4.69, 9.17) is 14.8 Å². The number of carbonyl (C=O) groups excluding carboxylic acids is 1. The highest BCUT2D eigenvalue weighted by molar-refractivity contribution is 7.49. The van der Waals surface area contributed by atoms with E-state index in [1.165, 1.54) is 12.1 Å². The third-order valence-corrected chi connectivity index (χ3v) is 4.17. The predicted molar refractivity (Wildman–Crippen MR) is 86.9 cm³/mol. The number of phosphoric ester groups is 1. The molecule has 2 aromatic rings. The van der Waals surface area contributed by atoms with Crippen molar-refractivity contribution in [1.82, 2.24) is 0 Å². The molecule has 1 unspecified atom stereocenters. The minimum atomic E-state index is -4.45. The van der Waals surface area contributed by atoms with E-state index in [1.807, 2.05) is 6.07 Å². The van der Waals surface area contributed by atoms with Gasteiger partial charge in [0.1, 0.15) is 17.6 Å². The van der Waals surface area contributed by atoms with E-state index in [2.05, 4.69) is 9.56 Å². The summed E-state index contributed by atoms with van der Waals surface area (Å²) in [7, 11) is -3.38. The van der Waals surface area contributed by atoms with Crippen LogP contribution in [0, 0.1) is 5.82 Å². The molecule has 134 valence electrons. The Morgan fingerprint density at radius 3 is 2.40 bits per heavy atom. The van der Waals surface area contributed by atoms with E-state index < -0.39 is 25.7 Å². The quantitative estimate of drug-likeness (QED) is 0.434. The van der Waals surface area contributed by atoms with E-state index in [1.54, 1.807) is 24.3 Å². The molecule has 0 aromatic heterocycles. The highest BCUT2D eigenvalue weighted by atomic mass is 31.2. The molecule has 2 rings (SSSR count). The largest absolute Gasteiger partial charge is 0.618 e. The number of nitrogens with two attached hydrogens (primary N) is 1. The van der Waals surface area contributed by atoms with Gasteiger partial charge in [-0.1, -0.05) is 30.3 Å². The van der Waals surface area contributed by atoms with Gasteiger partial charge in [0.25, 0.3) is 0 Å². The van der Waals surface area contributed by atoms with E-state index >= 15 is 0 Å². The lowest BCUT2D eigenvalue weighted by molar-refractivity contribution is -0.198. The maximum Gasteiger partial charge on any atom is 0.618 e.